The first-order valence-corrected chi connectivity index (χ1v) is 8.88. The van der Waals surface area contributed by atoms with Gasteiger partial charge < -0.3 is 4.90 Å². The number of carbonyl (C=O) groups is 1. The molecule has 0 radical (unpaired) electrons. The zero-order valence-electron chi connectivity index (χ0n) is 13.5. The molecule has 0 spiro atoms. The molecule has 2 saturated heterocycles. The summed E-state index contributed by atoms with van der Waals surface area (Å²) < 4.78 is 0. The van der Waals surface area contributed by atoms with Crippen molar-refractivity contribution in [2.45, 2.75) is 45.1 Å². The Kier molecular flexibility index (Phi) is 5.49. The first-order valence-electron chi connectivity index (χ1n) is 8.88. The Morgan fingerprint density at radius 3 is 2.41 bits per heavy atom. The van der Waals surface area contributed by atoms with Gasteiger partial charge in [-0.2, -0.15) is 0 Å². The highest BCUT2D eigenvalue weighted by Gasteiger charge is 2.29. The van der Waals surface area contributed by atoms with E-state index in [9.17, 15) is 4.79 Å². The molecule has 1 aromatic rings. The lowest BCUT2D eigenvalue weighted by atomic mass is 9.96. The molecule has 2 aliphatic heterocycles. The number of hydrogen-bond donors (Lipinski definition) is 0. The van der Waals surface area contributed by atoms with Crippen molar-refractivity contribution >= 4 is 5.91 Å². The largest absolute Gasteiger partial charge is 0.342 e. The van der Waals surface area contributed by atoms with E-state index in [2.05, 4.69) is 40.1 Å². The second-order valence-electron chi connectivity index (χ2n) is 6.80. The number of amides is 1. The maximum Gasteiger partial charge on any atom is 0.226 e. The predicted molar refractivity (Wildman–Crippen MR) is 89.5 cm³/mol. The van der Waals surface area contributed by atoms with Crippen molar-refractivity contribution in [3.8, 4) is 0 Å². The Morgan fingerprint density at radius 2 is 1.68 bits per heavy atom. The summed E-state index contributed by atoms with van der Waals surface area (Å²) in [5.74, 6) is 0.634. The van der Waals surface area contributed by atoms with Crippen molar-refractivity contribution in [3.63, 3.8) is 0 Å². The molecule has 2 fully saturated rings. The molecule has 3 rings (SSSR count). The van der Waals surface area contributed by atoms with Crippen molar-refractivity contribution in [1.29, 1.82) is 0 Å². The van der Waals surface area contributed by atoms with Crippen LogP contribution in [0.1, 0.15) is 44.1 Å². The predicted octanol–water partition coefficient (Wildman–Crippen LogP) is 3.30. The molecule has 0 aromatic heterocycles. The van der Waals surface area contributed by atoms with Crippen LogP contribution in [0.2, 0.25) is 0 Å². The van der Waals surface area contributed by atoms with Crippen LogP contribution in [0.5, 0.6) is 0 Å². The third-order valence-corrected chi connectivity index (χ3v) is 5.02. The van der Waals surface area contributed by atoms with Crippen LogP contribution in [0, 0.1) is 5.92 Å². The SMILES string of the molecule is O=C([C@@H]1CCCN(Cc2ccccc2)C1)N1CCCCCC1. The lowest BCUT2D eigenvalue weighted by molar-refractivity contribution is -0.137. The molecule has 0 unspecified atom stereocenters. The Balaban J connectivity index is 1.56. The van der Waals surface area contributed by atoms with Gasteiger partial charge in [0, 0.05) is 26.2 Å². The quantitative estimate of drug-likeness (QED) is 0.855. The summed E-state index contributed by atoms with van der Waals surface area (Å²) in [6.07, 6.45) is 7.17. The van der Waals surface area contributed by atoms with E-state index >= 15 is 0 Å². The molecule has 3 nitrogen and oxygen atoms in total. The number of benzene rings is 1. The third kappa shape index (κ3) is 4.10. The highest BCUT2D eigenvalue weighted by Crippen LogP contribution is 2.22. The van der Waals surface area contributed by atoms with Crippen LogP contribution in [0.4, 0.5) is 0 Å². The van der Waals surface area contributed by atoms with E-state index in [1.165, 1.54) is 31.2 Å². The summed E-state index contributed by atoms with van der Waals surface area (Å²) in [5.41, 5.74) is 1.35. The summed E-state index contributed by atoms with van der Waals surface area (Å²) >= 11 is 0. The fourth-order valence-corrected chi connectivity index (χ4v) is 3.79. The average Bonchev–Trinajstić information content (AvgIpc) is 2.85. The van der Waals surface area contributed by atoms with Crippen LogP contribution in [-0.4, -0.2) is 41.9 Å². The number of hydrogen-bond acceptors (Lipinski definition) is 2. The van der Waals surface area contributed by atoms with E-state index in [1.807, 2.05) is 0 Å². The third-order valence-electron chi connectivity index (χ3n) is 5.02. The molecule has 1 amide bonds. The molecule has 2 aliphatic rings. The van der Waals surface area contributed by atoms with Gasteiger partial charge in [-0.05, 0) is 37.8 Å². The molecule has 0 N–H and O–H groups in total. The van der Waals surface area contributed by atoms with Gasteiger partial charge in [-0.15, -0.1) is 0 Å². The minimum Gasteiger partial charge on any atom is -0.342 e. The fourth-order valence-electron chi connectivity index (χ4n) is 3.79. The summed E-state index contributed by atoms with van der Waals surface area (Å²) in [4.78, 5) is 17.4. The van der Waals surface area contributed by atoms with Crippen molar-refractivity contribution < 1.29 is 4.79 Å². The molecular formula is C19H28N2O. The molecular weight excluding hydrogens is 272 g/mol. The van der Waals surface area contributed by atoms with Crippen molar-refractivity contribution in [1.82, 2.24) is 9.80 Å². The van der Waals surface area contributed by atoms with E-state index in [0.29, 0.717) is 5.91 Å². The molecule has 0 aliphatic carbocycles. The van der Waals surface area contributed by atoms with Crippen LogP contribution >= 0.6 is 0 Å². The summed E-state index contributed by atoms with van der Waals surface area (Å²) in [6, 6.07) is 10.6. The van der Waals surface area contributed by atoms with Gasteiger partial charge in [0.15, 0.2) is 0 Å². The van der Waals surface area contributed by atoms with Gasteiger partial charge in [-0.3, -0.25) is 9.69 Å². The molecule has 120 valence electrons. The molecule has 1 atom stereocenters. The van der Waals surface area contributed by atoms with Gasteiger partial charge in [-0.1, -0.05) is 43.2 Å². The smallest absolute Gasteiger partial charge is 0.226 e. The first kappa shape index (κ1) is 15.5. The lowest BCUT2D eigenvalue weighted by Crippen LogP contribution is -2.44. The second-order valence-corrected chi connectivity index (χ2v) is 6.80. The van der Waals surface area contributed by atoms with E-state index in [4.69, 9.17) is 0 Å². The summed E-state index contributed by atoms with van der Waals surface area (Å²) in [5, 5.41) is 0. The Labute approximate surface area is 134 Å². The van der Waals surface area contributed by atoms with Crippen molar-refractivity contribution in [2.24, 2.45) is 5.92 Å². The van der Waals surface area contributed by atoms with Gasteiger partial charge in [0.25, 0.3) is 0 Å². The Morgan fingerprint density at radius 1 is 0.955 bits per heavy atom. The molecule has 0 bridgehead atoms. The van der Waals surface area contributed by atoms with Gasteiger partial charge in [0.05, 0.1) is 5.92 Å². The molecule has 22 heavy (non-hydrogen) atoms. The summed E-state index contributed by atoms with van der Waals surface area (Å²) in [7, 11) is 0. The summed E-state index contributed by atoms with van der Waals surface area (Å²) in [6.45, 7) is 5.00. The van der Waals surface area contributed by atoms with Crippen LogP contribution < -0.4 is 0 Å². The normalized spacial score (nSPS) is 24.0. The molecule has 0 saturated carbocycles. The molecule has 2 heterocycles. The van der Waals surface area contributed by atoms with Crippen molar-refractivity contribution in [2.75, 3.05) is 26.2 Å². The molecule has 3 heteroatoms. The lowest BCUT2D eigenvalue weighted by Gasteiger charge is -2.34. The Bertz CT molecular complexity index is 466. The van der Waals surface area contributed by atoms with E-state index in [1.54, 1.807) is 0 Å². The highest BCUT2D eigenvalue weighted by atomic mass is 16.2. The van der Waals surface area contributed by atoms with Gasteiger partial charge in [0.2, 0.25) is 5.91 Å². The number of rotatable bonds is 3. The van der Waals surface area contributed by atoms with Crippen LogP contribution in [-0.2, 0) is 11.3 Å². The van der Waals surface area contributed by atoms with Crippen LogP contribution in [0.3, 0.4) is 0 Å². The fraction of sp³-hybridized carbons (Fsp3) is 0.632. The van der Waals surface area contributed by atoms with Crippen molar-refractivity contribution in [3.05, 3.63) is 35.9 Å². The van der Waals surface area contributed by atoms with Gasteiger partial charge >= 0.3 is 0 Å². The number of piperidine rings is 1. The maximum absolute atomic E-state index is 12.8. The van der Waals surface area contributed by atoms with Gasteiger partial charge in [-0.25, -0.2) is 0 Å². The number of likely N-dealkylation sites (tertiary alicyclic amines) is 2. The zero-order chi connectivity index (χ0) is 15.2. The Hall–Kier alpha value is -1.35. The minimum atomic E-state index is 0.218. The number of carbonyl (C=O) groups excluding carboxylic acids is 1. The minimum absolute atomic E-state index is 0.218. The van der Waals surface area contributed by atoms with E-state index < -0.39 is 0 Å². The zero-order valence-corrected chi connectivity index (χ0v) is 13.5. The monoisotopic (exact) mass is 300 g/mol. The van der Waals surface area contributed by atoms with Crippen LogP contribution in [0.15, 0.2) is 30.3 Å². The van der Waals surface area contributed by atoms with E-state index in [0.717, 1.165) is 45.6 Å². The maximum atomic E-state index is 12.8. The topological polar surface area (TPSA) is 23.6 Å². The highest BCUT2D eigenvalue weighted by molar-refractivity contribution is 5.79. The van der Waals surface area contributed by atoms with Gasteiger partial charge in [0.1, 0.15) is 0 Å². The average molecular weight is 300 g/mol. The first-order chi connectivity index (χ1) is 10.8. The standard InChI is InChI=1S/C19H28N2O/c22-19(21-13-6-1-2-7-14-21)18-11-8-12-20(16-18)15-17-9-4-3-5-10-17/h3-5,9-10,18H,1-2,6-8,11-16H2/t18-/m1/s1. The second kappa shape index (κ2) is 7.77. The molecule has 1 aromatic carbocycles. The van der Waals surface area contributed by atoms with Crippen LogP contribution in [0.25, 0.3) is 0 Å². The van der Waals surface area contributed by atoms with E-state index in [-0.39, 0.29) is 5.92 Å². The number of nitrogens with zero attached hydrogens (tertiary/aromatic N) is 2.